The number of carbonyl (C=O) groups is 1. The average molecular weight is 432 g/mol. The van der Waals surface area contributed by atoms with E-state index in [9.17, 15) is 15.0 Å². The first kappa shape index (κ1) is 20.5. The second-order valence-electron chi connectivity index (χ2n) is 10.4. The monoisotopic (exact) mass is 431 g/mol. The van der Waals surface area contributed by atoms with Gasteiger partial charge in [-0.05, 0) is 63.5 Å². The summed E-state index contributed by atoms with van der Waals surface area (Å²) in [5.41, 5.74) is -3.27. The zero-order valence-corrected chi connectivity index (χ0v) is 18.8. The van der Waals surface area contributed by atoms with Gasteiger partial charge in [0.05, 0.1) is 16.8 Å². The number of aliphatic hydroxyl groups excluding tert-OH is 1. The third-order valence-electron chi connectivity index (χ3n) is 9.23. The van der Waals surface area contributed by atoms with E-state index < -0.39 is 28.2 Å². The summed E-state index contributed by atoms with van der Waals surface area (Å²) in [5.74, 6) is -0.654. The van der Waals surface area contributed by atoms with Crippen molar-refractivity contribution in [3.05, 3.63) is 39.9 Å². The molecule has 4 aliphatic rings. The number of aromatic nitrogens is 1. The molecule has 3 saturated carbocycles. The first-order valence-electron chi connectivity index (χ1n) is 10.9. The third kappa shape index (κ3) is 2.18. The average Bonchev–Trinajstić information content (AvgIpc) is 3.20. The Hall–Kier alpha value is -1.37. The Morgan fingerprint density at radius 2 is 2.03 bits per heavy atom. The van der Waals surface area contributed by atoms with Crippen LogP contribution in [-0.2, 0) is 10.4 Å². The summed E-state index contributed by atoms with van der Waals surface area (Å²) in [4.78, 5) is 16.6. The fourth-order valence-electron chi connectivity index (χ4n) is 7.63. The van der Waals surface area contributed by atoms with Crippen molar-refractivity contribution in [2.45, 2.75) is 70.8 Å². The zero-order valence-electron chi connectivity index (χ0n) is 18.0. The van der Waals surface area contributed by atoms with Gasteiger partial charge in [-0.3, -0.25) is 4.79 Å². The number of aryl methyl sites for hydroxylation is 1. The van der Waals surface area contributed by atoms with Crippen molar-refractivity contribution in [1.29, 1.82) is 0 Å². The molecule has 0 spiro atoms. The largest absolute Gasteiger partial charge is 0.390 e. The number of allylic oxidation sites excluding steroid dienone is 4. The molecular formula is C24H30FNO3S. The maximum absolute atomic E-state index is 17.1. The highest BCUT2D eigenvalue weighted by Gasteiger charge is 2.74. The lowest BCUT2D eigenvalue weighted by Crippen LogP contribution is -2.68. The lowest BCUT2D eigenvalue weighted by Gasteiger charge is -2.62. The molecule has 0 amide bonds. The van der Waals surface area contributed by atoms with Crippen molar-refractivity contribution in [2.75, 3.05) is 0 Å². The predicted octanol–water partition coefficient (Wildman–Crippen LogP) is 4.26. The molecule has 8 atom stereocenters. The number of carbonyl (C=O) groups excluding carboxylic acids is 1. The second kappa shape index (κ2) is 6.11. The number of halogens is 1. The Bertz CT molecular complexity index is 987. The number of hydrogen-bond acceptors (Lipinski definition) is 5. The fourth-order valence-corrected chi connectivity index (χ4v) is 8.30. The SMILES string of the molecule is Cc1nc([C@@]2(O)[C@H](C)C[C@H]3[C@@H]4CCC5=CC(=O)C=C[C@]5(C)[C@@]4(F)[C@@H](O)C[C@@]32C)cs1. The van der Waals surface area contributed by atoms with Crippen molar-refractivity contribution in [2.24, 2.45) is 28.6 Å². The third-order valence-corrected chi connectivity index (χ3v) is 10.0. The van der Waals surface area contributed by atoms with Crippen molar-refractivity contribution in [3.63, 3.8) is 0 Å². The molecule has 0 unspecified atom stereocenters. The van der Waals surface area contributed by atoms with E-state index in [-0.39, 0.29) is 30.0 Å². The van der Waals surface area contributed by atoms with Gasteiger partial charge in [0.25, 0.3) is 0 Å². The molecule has 0 bridgehead atoms. The standard InChI is InChI=1S/C24H30FNO3S/c1-13-9-18-17-6-5-15-10-16(27)7-8-21(15,3)23(17,25)20(28)11-22(18,4)24(13,29)19-12-30-14(2)26-19/h7-8,10,12-13,17-18,20,28-29H,5-6,9,11H2,1-4H3/t13-,17+,18+,20+,21+,22+,23+,24+/m1/s1. The molecule has 162 valence electrons. The molecule has 0 saturated heterocycles. The molecule has 0 aliphatic heterocycles. The molecule has 2 N–H and O–H groups in total. The molecule has 1 heterocycles. The Balaban J connectivity index is 1.63. The highest BCUT2D eigenvalue weighted by Crippen LogP contribution is 2.72. The van der Waals surface area contributed by atoms with E-state index in [1.807, 2.05) is 33.1 Å². The number of rotatable bonds is 1. The Kier molecular flexibility index (Phi) is 4.18. The molecule has 0 radical (unpaired) electrons. The minimum absolute atomic E-state index is 0.0719. The quantitative estimate of drug-likeness (QED) is 0.697. The molecule has 4 nitrogen and oxygen atoms in total. The molecule has 0 aromatic carbocycles. The topological polar surface area (TPSA) is 70.4 Å². The summed E-state index contributed by atoms with van der Waals surface area (Å²) in [6, 6.07) is 0. The van der Waals surface area contributed by atoms with E-state index in [4.69, 9.17) is 0 Å². The van der Waals surface area contributed by atoms with Crippen LogP contribution in [0.1, 0.15) is 57.2 Å². The number of nitrogens with zero attached hydrogens (tertiary/aromatic N) is 1. The Labute approximate surface area is 180 Å². The van der Waals surface area contributed by atoms with Crippen LogP contribution in [0.2, 0.25) is 0 Å². The fraction of sp³-hybridized carbons (Fsp3) is 0.667. The molecule has 30 heavy (non-hydrogen) atoms. The molecule has 5 rings (SSSR count). The van der Waals surface area contributed by atoms with E-state index in [2.05, 4.69) is 4.98 Å². The summed E-state index contributed by atoms with van der Waals surface area (Å²) in [6.45, 7) is 7.80. The van der Waals surface area contributed by atoms with Crippen LogP contribution in [-0.4, -0.2) is 32.8 Å². The van der Waals surface area contributed by atoms with E-state index in [0.29, 0.717) is 25.0 Å². The van der Waals surface area contributed by atoms with Gasteiger partial charge < -0.3 is 10.2 Å². The lowest BCUT2D eigenvalue weighted by molar-refractivity contribution is -0.223. The van der Waals surface area contributed by atoms with Gasteiger partial charge in [0, 0.05) is 22.1 Å². The van der Waals surface area contributed by atoms with E-state index in [1.54, 1.807) is 12.2 Å². The van der Waals surface area contributed by atoms with Gasteiger partial charge in [0.2, 0.25) is 0 Å². The maximum Gasteiger partial charge on any atom is 0.178 e. The van der Waals surface area contributed by atoms with Crippen LogP contribution in [0, 0.1) is 35.5 Å². The van der Waals surface area contributed by atoms with Crippen LogP contribution in [0.3, 0.4) is 0 Å². The molecule has 3 fully saturated rings. The van der Waals surface area contributed by atoms with Gasteiger partial charge in [0.15, 0.2) is 11.5 Å². The smallest absolute Gasteiger partial charge is 0.178 e. The van der Waals surface area contributed by atoms with E-state index in [0.717, 1.165) is 10.6 Å². The Morgan fingerprint density at radius 3 is 2.70 bits per heavy atom. The van der Waals surface area contributed by atoms with Crippen LogP contribution in [0.4, 0.5) is 4.39 Å². The molecule has 6 heteroatoms. The van der Waals surface area contributed by atoms with Gasteiger partial charge in [-0.1, -0.05) is 25.5 Å². The van der Waals surface area contributed by atoms with Crippen molar-refractivity contribution >= 4 is 17.1 Å². The number of fused-ring (bicyclic) bond motifs is 5. The van der Waals surface area contributed by atoms with Crippen LogP contribution in [0.25, 0.3) is 0 Å². The first-order valence-corrected chi connectivity index (χ1v) is 11.8. The van der Waals surface area contributed by atoms with Gasteiger partial charge in [-0.2, -0.15) is 0 Å². The first-order chi connectivity index (χ1) is 14.0. The van der Waals surface area contributed by atoms with Crippen molar-refractivity contribution in [3.8, 4) is 0 Å². The lowest BCUT2D eigenvalue weighted by atomic mass is 9.44. The number of alkyl halides is 1. The Morgan fingerprint density at radius 1 is 1.30 bits per heavy atom. The maximum atomic E-state index is 17.1. The van der Waals surface area contributed by atoms with Crippen LogP contribution < -0.4 is 0 Å². The van der Waals surface area contributed by atoms with Gasteiger partial charge in [-0.15, -0.1) is 11.3 Å². The minimum atomic E-state index is -1.86. The zero-order chi connectivity index (χ0) is 21.7. The van der Waals surface area contributed by atoms with E-state index in [1.165, 1.54) is 17.4 Å². The predicted molar refractivity (Wildman–Crippen MR) is 114 cm³/mol. The van der Waals surface area contributed by atoms with E-state index >= 15 is 4.39 Å². The van der Waals surface area contributed by atoms with Gasteiger partial charge >= 0.3 is 0 Å². The van der Waals surface area contributed by atoms with Gasteiger partial charge in [0.1, 0.15) is 5.60 Å². The number of aliphatic hydroxyl groups is 2. The summed E-state index contributed by atoms with van der Waals surface area (Å²) >= 11 is 1.51. The second-order valence-corrected chi connectivity index (χ2v) is 11.5. The number of hydrogen-bond donors (Lipinski definition) is 2. The molecule has 4 aliphatic carbocycles. The van der Waals surface area contributed by atoms with Crippen molar-refractivity contribution < 1.29 is 19.4 Å². The van der Waals surface area contributed by atoms with Crippen LogP contribution in [0.15, 0.2) is 29.2 Å². The highest BCUT2D eigenvalue weighted by atomic mass is 32.1. The van der Waals surface area contributed by atoms with Gasteiger partial charge in [-0.25, -0.2) is 9.37 Å². The molecular weight excluding hydrogens is 401 g/mol. The normalized spacial score (nSPS) is 50.0. The van der Waals surface area contributed by atoms with Crippen LogP contribution in [0.5, 0.6) is 0 Å². The minimum Gasteiger partial charge on any atom is -0.390 e. The number of ketones is 1. The highest BCUT2D eigenvalue weighted by molar-refractivity contribution is 7.09. The number of thiazole rings is 1. The molecule has 1 aromatic heterocycles. The molecule has 1 aromatic rings. The summed E-state index contributed by atoms with van der Waals surface area (Å²) < 4.78 is 17.1. The van der Waals surface area contributed by atoms with Crippen LogP contribution >= 0.6 is 11.3 Å². The summed E-state index contributed by atoms with van der Waals surface area (Å²) in [7, 11) is 0. The summed E-state index contributed by atoms with van der Waals surface area (Å²) in [6.07, 6.45) is 5.55. The van der Waals surface area contributed by atoms with Crippen molar-refractivity contribution in [1.82, 2.24) is 4.98 Å². The summed E-state index contributed by atoms with van der Waals surface area (Å²) in [5, 5.41) is 26.2.